The first kappa shape index (κ1) is 14.7. The Bertz CT molecular complexity index is 685. The Balaban J connectivity index is 2.36. The van der Waals surface area contributed by atoms with Crippen molar-refractivity contribution in [2.45, 2.75) is 9.79 Å². The highest BCUT2D eigenvalue weighted by molar-refractivity contribution is 9.10. The summed E-state index contributed by atoms with van der Waals surface area (Å²) in [5.41, 5.74) is 0.260. The monoisotopic (exact) mass is 375 g/mol. The maximum absolute atomic E-state index is 14.0. The Kier molecular flexibility index (Phi) is 4.75. The van der Waals surface area contributed by atoms with E-state index in [4.69, 9.17) is 28.5 Å². The SMILES string of the molecule is N#Cc1ccc(Sc2ccc(Cl)c(Cl)c2)c(F)c1Br. The van der Waals surface area contributed by atoms with Gasteiger partial charge in [0.15, 0.2) is 5.82 Å². The molecule has 0 bridgehead atoms. The summed E-state index contributed by atoms with van der Waals surface area (Å²) in [6, 6.07) is 10.1. The highest BCUT2D eigenvalue weighted by Gasteiger charge is 2.12. The third-order valence-corrected chi connectivity index (χ3v) is 4.83. The molecule has 2 aromatic rings. The van der Waals surface area contributed by atoms with Crippen LogP contribution in [0.4, 0.5) is 4.39 Å². The Hall–Kier alpha value is -0.730. The van der Waals surface area contributed by atoms with Gasteiger partial charge in [0.1, 0.15) is 6.07 Å². The maximum atomic E-state index is 14.0. The standard InChI is InChI=1S/C13H5BrCl2FNS/c14-12-7(6-18)1-4-11(13(12)17)19-8-2-3-9(15)10(16)5-8/h1-5H. The predicted molar refractivity (Wildman–Crippen MR) is 79.4 cm³/mol. The van der Waals surface area contributed by atoms with Crippen LogP contribution in [0.3, 0.4) is 0 Å². The molecule has 0 N–H and O–H groups in total. The molecule has 1 nitrogen and oxygen atoms in total. The van der Waals surface area contributed by atoms with Gasteiger partial charge in [-0.2, -0.15) is 5.26 Å². The van der Waals surface area contributed by atoms with E-state index in [1.165, 1.54) is 11.8 Å². The predicted octanol–water partition coefficient (Wildman–Crippen LogP) is 5.92. The molecule has 0 aromatic heterocycles. The zero-order chi connectivity index (χ0) is 14.0. The lowest BCUT2D eigenvalue weighted by atomic mass is 10.2. The molecule has 19 heavy (non-hydrogen) atoms. The first-order valence-corrected chi connectivity index (χ1v) is 7.40. The molecule has 2 rings (SSSR count). The second kappa shape index (κ2) is 6.15. The number of benzene rings is 2. The van der Waals surface area contributed by atoms with Gasteiger partial charge in [-0.15, -0.1) is 0 Å². The minimum absolute atomic E-state index is 0.167. The molecular formula is C13H5BrCl2FNS. The number of rotatable bonds is 2. The molecule has 6 heteroatoms. The Labute approximate surface area is 132 Å². The summed E-state index contributed by atoms with van der Waals surface area (Å²) in [6.07, 6.45) is 0. The molecule has 2 aromatic carbocycles. The molecule has 0 saturated heterocycles. The van der Waals surface area contributed by atoms with Crippen LogP contribution in [0.5, 0.6) is 0 Å². The minimum atomic E-state index is -0.463. The maximum Gasteiger partial charge on any atom is 0.152 e. The number of nitrogens with zero attached hydrogens (tertiary/aromatic N) is 1. The third-order valence-electron chi connectivity index (χ3n) is 2.29. The van der Waals surface area contributed by atoms with Crippen LogP contribution >= 0.6 is 50.9 Å². The van der Waals surface area contributed by atoms with Crippen LogP contribution in [0, 0.1) is 17.1 Å². The molecule has 0 atom stereocenters. The summed E-state index contributed by atoms with van der Waals surface area (Å²) >= 11 is 16.0. The first-order chi connectivity index (χ1) is 9.02. The summed E-state index contributed by atoms with van der Waals surface area (Å²) < 4.78 is 14.2. The lowest BCUT2D eigenvalue weighted by molar-refractivity contribution is 0.594. The third kappa shape index (κ3) is 3.24. The molecular weight excluding hydrogens is 372 g/mol. The molecule has 0 aliphatic heterocycles. The molecule has 0 fully saturated rings. The summed E-state index contributed by atoms with van der Waals surface area (Å²) in [6.45, 7) is 0. The van der Waals surface area contributed by atoms with Gasteiger partial charge in [0, 0.05) is 9.79 Å². The van der Waals surface area contributed by atoms with Crippen molar-refractivity contribution in [2.75, 3.05) is 0 Å². The molecule has 0 amide bonds. The highest BCUT2D eigenvalue weighted by atomic mass is 79.9. The molecule has 0 aliphatic rings. The van der Waals surface area contributed by atoms with Crippen molar-refractivity contribution in [3.05, 3.63) is 56.2 Å². The van der Waals surface area contributed by atoms with E-state index in [-0.39, 0.29) is 10.0 Å². The number of halogens is 4. The van der Waals surface area contributed by atoms with Crippen LogP contribution in [-0.2, 0) is 0 Å². The van der Waals surface area contributed by atoms with E-state index in [1.807, 2.05) is 6.07 Å². The van der Waals surface area contributed by atoms with Crippen LogP contribution in [0.15, 0.2) is 44.6 Å². The van der Waals surface area contributed by atoms with E-state index in [2.05, 4.69) is 15.9 Å². The van der Waals surface area contributed by atoms with E-state index in [9.17, 15) is 4.39 Å². The number of nitriles is 1. The van der Waals surface area contributed by atoms with Crippen molar-refractivity contribution in [1.82, 2.24) is 0 Å². The molecule has 96 valence electrons. The van der Waals surface area contributed by atoms with Gasteiger partial charge >= 0.3 is 0 Å². The minimum Gasteiger partial charge on any atom is -0.204 e. The smallest absolute Gasteiger partial charge is 0.152 e. The molecule has 0 saturated carbocycles. The van der Waals surface area contributed by atoms with Crippen molar-refractivity contribution in [1.29, 1.82) is 5.26 Å². The average molecular weight is 377 g/mol. The van der Waals surface area contributed by atoms with Crippen molar-refractivity contribution in [3.63, 3.8) is 0 Å². The van der Waals surface area contributed by atoms with Gasteiger partial charge in [-0.3, -0.25) is 0 Å². The Morgan fingerprint density at radius 2 is 1.89 bits per heavy atom. The summed E-state index contributed by atoms with van der Waals surface area (Å²) in [7, 11) is 0. The lowest BCUT2D eigenvalue weighted by Gasteiger charge is -2.06. The molecule has 0 unspecified atom stereocenters. The molecule has 0 aliphatic carbocycles. The summed E-state index contributed by atoms with van der Waals surface area (Å²) in [5, 5.41) is 9.67. The van der Waals surface area contributed by atoms with Crippen LogP contribution in [-0.4, -0.2) is 0 Å². The van der Waals surface area contributed by atoms with Gasteiger partial charge in [0.25, 0.3) is 0 Å². The second-order valence-electron chi connectivity index (χ2n) is 3.53. The van der Waals surface area contributed by atoms with Crippen molar-refractivity contribution < 1.29 is 4.39 Å². The average Bonchev–Trinajstić information content (AvgIpc) is 2.40. The van der Waals surface area contributed by atoms with E-state index >= 15 is 0 Å². The number of hydrogen-bond acceptors (Lipinski definition) is 2. The van der Waals surface area contributed by atoms with Crippen LogP contribution in [0.1, 0.15) is 5.56 Å². The Morgan fingerprint density at radius 1 is 1.16 bits per heavy atom. The number of hydrogen-bond donors (Lipinski definition) is 0. The van der Waals surface area contributed by atoms with Crippen molar-refractivity contribution in [2.24, 2.45) is 0 Å². The van der Waals surface area contributed by atoms with Crippen molar-refractivity contribution >= 4 is 50.9 Å². The van der Waals surface area contributed by atoms with Crippen LogP contribution in [0.25, 0.3) is 0 Å². The van der Waals surface area contributed by atoms with E-state index in [0.29, 0.717) is 14.9 Å². The van der Waals surface area contributed by atoms with Gasteiger partial charge < -0.3 is 0 Å². The van der Waals surface area contributed by atoms with E-state index in [1.54, 1.807) is 30.3 Å². The highest BCUT2D eigenvalue weighted by Crippen LogP contribution is 2.36. The fraction of sp³-hybridized carbons (Fsp3) is 0. The normalized spacial score (nSPS) is 10.3. The lowest BCUT2D eigenvalue weighted by Crippen LogP contribution is -1.87. The largest absolute Gasteiger partial charge is 0.204 e. The molecule has 0 spiro atoms. The van der Waals surface area contributed by atoms with Gasteiger partial charge in [-0.25, -0.2) is 4.39 Å². The fourth-order valence-electron chi connectivity index (χ4n) is 1.36. The van der Waals surface area contributed by atoms with Gasteiger partial charge in [-0.1, -0.05) is 35.0 Å². The van der Waals surface area contributed by atoms with Crippen LogP contribution in [0.2, 0.25) is 10.0 Å². The van der Waals surface area contributed by atoms with Crippen LogP contribution < -0.4 is 0 Å². The summed E-state index contributed by atoms with van der Waals surface area (Å²) in [5.74, 6) is -0.463. The molecule has 0 heterocycles. The van der Waals surface area contributed by atoms with Gasteiger partial charge in [0.2, 0.25) is 0 Å². The van der Waals surface area contributed by atoms with Gasteiger partial charge in [0.05, 0.1) is 20.1 Å². The Morgan fingerprint density at radius 3 is 2.53 bits per heavy atom. The zero-order valence-corrected chi connectivity index (χ0v) is 13.2. The van der Waals surface area contributed by atoms with Crippen molar-refractivity contribution in [3.8, 4) is 6.07 Å². The van der Waals surface area contributed by atoms with E-state index in [0.717, 1.165) is 4.90 Å². The molecule has 0 radical (unpaired) electrons. The quantitative estimate of drug-likeness (QED) is 0.649. The van der Waals surface area contributed by atoms with E-state index < -0.39 is 5.82 Å². The first-order valence-electron chi connectivity index (χ1n) is 5.04. The topological polar surface area (TPSA) is 23.8 Å². The summed E-state index contributed by atoms with van der Waals surface area (Å²) in [4.78, 5) is 1.18. The zero-order valence-electron chi connectivity index (χ0n) is 9.25. The fourth-order valence-corrected chi connectivity index (χ4v) is 3.19. The van der Waals surface area contributed by atoms with Gasteiger partial charge in [-0.05, 0) is 46.3 Å². The second-order valence-corrected chi connectivity index (χ2v) is 6.25.